The predicted octanol–water partition coefficient (Wildman–Crippen LogP) is 3.24. The van der Waals surface area contributed by atoms with Gasteiger partial charge in [0.05, 0.1) is 13.2 Å². The molecule has 0 amide bonds. The first-order chi connectivity index (χ1) is 16.1. The second-order valence-corrected chi connectivity index (χ2v) is 8.90. The molecule has 33 heavy (non-hydrogen) atoms. The Kier molecular flexibility index (Phi) is 7.90. The summed E-state index contributed by atoms with van der Waals surface area (Å²) in [4.78, 5) is 19.5. The molecular weight excluding hydrogens is 416 g/mol. The number of imidazole rings is 1. The molecule has 4 rings (SSSR count). The van der Waals surface area contributed by atoms with Crippen molar-refractivity contribution in [2.24, 2.45) is 5.92 Å². The molecular formula is C25H36N6O2. The molecule has 1 aliphatic heterocycles. The molecule has 1 aromatic carbocycles. The average Bonchev–Trinajstić information content (AvgIpc) is 3.19. The molecule has 8 nitrogen and oxygen atoms in total. The molecule has 0 bridgehead atoms. The van der Waals surface area contributed by atoms with Gasteiger partial charge in [-0.25, -0.2) is 15.0 Å². The van der Waals surface area contributed by atoms with Crippen LogP contribution < -0.4 is 4.90 Å². The topological polar surface area (TPSA) is 68.5 Å². The predicted molar refractivity (Wildman–Crippen MR) is 132 cm³/mol. The minimum Gasteiger partial charge on any atom is -0.383 e. The van der Waals surface area contributed by atoms with E-state index in [-0.39, 0.29) is 0 Å². The number of piperidine rings is 1. The number of benzene rings is 1. The molecule has 1 saturated heterocycles. The van der Waals surface area contributed by atoms with Gasteiger partial charge in [-0.3, -0.25) is 0 Å². The van der Waals surface area contributed by atoms with Crippen LogP contribution in [0, 0.1) is 12.8 Å². The van der Waals surface area contributed by atoms with Crippen LogP contribution in [0.4, 0.5) is 5.82 Å². The molecule has 3 aromatic rings. The van der Waals surface area contributed by atoms with Crippen LogP contribution in [0.3, 0.4) is 0 Å². The average molecular weight is 453 g/mol. The van der Waals surface area contributed by atoms with Crippen LogP contribution in [0.25, 0.3) is 22.6 Å². The second-order valence-electron chi connectivity index (χ2n) is 8.90. The number of anilines is 1. The van der Waals surface area contributed by atoms with E-state index in [1.165, 1.54) is 12.8 Å². The SMILES string of the molecule is COCCN(CCOC)c1nc(C)nc2c1nc(-c1ccccc1)n2CC1CCN(C)CC1. The monoisotopic (exact) mass is 452 g/mol. The van der Waals surface area contributed by atoms with Crippen LogP contribution >= 0.6 is 0 Å². The first-order valence-corrected chi connectivity index (χ1v) is 11.8. The van der Waals surface area contributed by atoms with Crippen molar-refractivity contribution in [3.8, 4) is 11.4 Å². The summed E-state index contributed by atoms with van der Waals surface area (Å²) in [6, 6.07) is 10.4. The van der Waals surface area contributed by atoms with Crippen molar-refractivity contribution in [2.45, 2.75) is 26.3 Å². The number of hydrogen-bond donors (Lipinski definition) is 0. The first-order valence-electron chi connectivity index (χ1n) is 11.8. The van der Waals surface area contributed by atoms with E-state index in [0.717, 1.165) is 53.8 Å². The van der Waals surface area contributed by atoms with E-state index in [2.05, 4.69) is 45.7 Å². The maximum atomic E-state index is 5.37. The van der Waals surface area contributed by atoms with Gasteiger partial charge in [0, 0.05) is 39.4 Å². The van der Waals surface area contributed by atoms with Gasteiger partial charge < -0.3 is 23.8 Å². The first kappa shape index (κ1) is 23.6. The van der Waals surface area contributed by atoms with Crippen molar-refractivity contribution in [2.75, 3.05) is 65.6 Å². The van der Waals surface area contributed by atoms with E-state index >= 15 is 0 Å². The van der Waals surface area contributed by atoms with E-state index in [1.807, 2.05) is 13.0 Å². The van der Waals surface area contributed by atoms with Gasteiger partial charge in [0.1, 0.15) is 11.6 Å². The van der Waals surface area contributed by atoms with Crippen LogP contribution in [0.1, 0.15) is 18.7 Å². The second kappa shape index (κ2) is 11.0. The molecule has 0 N–H and O–H groups in total. The molecule has 0 atom stereocenters. The van der Waals surface area contributed by atoms with Crippen LogP contribution in [-0.4, -0.2) is 85.1 Å². The highest BCUT2D eigenvalue weighted by Crippen LogP contribution is 2.31. The van der Waals surface area contributed by atoms with Crippen molar-refractivity contribution in [1.82, 2.24) is 24.4 Å². The number of nitrogens with zero attached hydrogens (tertiary/aromatic N) is 6. The van der Waals surface area contributed by atoms with E-state index in [0.29, 0.717) is 32.2 Å². The van der Waals surface area contributed by atoms with Crippen molar-refractivity contribution in [3.63, 3.8) is 0 Å². The van der Waals surface area contributed by atoms with E-state index in [1.54, 1.807) is 14.2 Å². The van der Waals surface area contributed by atoms with Gasteiger partial charge in [0.25, 0.3) is 0 Å². The van der Waals surface area contributed by atoms with Gasteiger partial charge in [-0.2, -0.15) is 0 Å². The molecule has 1 fully saturated rings. The molecule has 0 aliphatic carbocycles. The highest BCUT2D eigenvalue weighted by Gasteiger charge is 2.25. The van der Waals surface area contributed by atoms with E-state index in [4.69, 9.17) is 24.4 Å². The fourth-order valence-corrected chi connectivity index (χ4v) is 4.52. The largest absolute Gasteiger partial charge is 0.383 e. The van der Waals surface area contributed by atoms with Gasteiger partial charge in [0.2, 0.25) is 0 Å². The summed E-state index contributed by atoms with van der Waals surface area (Å²) in [6.45, 7) is 7.80. The van der Waals surface area contributed by atoms with Crippen molar-refractivity contribution >= 4 is 17.0 Å². The Balaban J connectivity index is 1.81. The minimum atomic E-state index is 0.607. The Morgan fingerprint density at radius 1 is 0.970 bits per heavy atom. The number of methoxy groups -OCH3 is 2. The fraction of sp³-hybridized carbons (Fsp3) is 0.560. The number of hydrogen-bond acceptors (Lipinski definition) is 7. The number of rotatable bonds is 10. The summed E-state index contributed by atoms with van der Waals surface area (Å²) in [5.74, 6) is 3.18. The summed E-state index contributed by atoms with van der Waals surface area (Å²) in [6.07, 6.45) is 2.38. The van der Waals surface area contributed by atoms with Gasteiger partial charge in [0.15, 0.2) is 17.0 Å². The Hall–Kier alpha value is -2.55. The number of fused-ring (bicyclic) bond motifs is 1. The van der Waals surface area contributed by atoms with Gasteiger partial charge in [-0.15, -0.1) is 0 Å². The van der Waals surface area contributed by atoms with Crippen molar-refractivity contribution < 1.29 is 9.47 Å². The number of likely N-dealkylation sites (tertiary alicyclic amines) is 1. The molecule has 3 heterocycles. The molecule has 0 saturated carbocycles. The van der Waals surface area contributed by atoms with Crippen LogP contribution in [0.15, 0.2) is 30.3 Å². The van der Waals surface area contributed by atoms with Crippen molar-refractivity contribution in [1.29, 1.82) is 0 Å². The maximum Gasteiger partial charge on any atom is 0.166 e. The summed E-state index contributed by atoms with van der Waals surface area (Å²) in [7, 11) is 5.65. The Morgan fingerprint density at radius 2 is 1.64 bits per heavy atom. The zero-order valence-electron chi connectivity index (χ0n) is 20.3. The van der Waals surface area contributed by atoms with Crippen LogP contribution in [0.5, 0.6) is 0 Å². The maximum absolute atomic E-state index is 5.37. The molecule has 8 heteroatoms. The fourth-order valence-electron chi connectivity index (χ4n) is 4.52. The van der Waals surface area contributed by atoms with Gasteiger partial charge in [-0.1, -0.05) is 30.3 Å². The third-order valence-corrected chi connectivity index (χ3v) is 6.43. The zero-order valence-corrected chi connectivity index (χ0v) is 20.3. The Labute approximate surface area is 196 Å². The number of aryl methyl sites for hydroxylation is 1. The number of aromatic nitrogens is 4. The molecule has 0 spiro atoms. The van der Waals surface area contributed by atoms with Crippen LogP contribution in [0.2, 0.25) is 0 Å². The lowest BCUT2D eigenvalue weighted by atomic mass is 9.97. The lowest BCUT2D eigenvalue weighted by Gasteiger charge is -2.29. The van der Waals surface area contributed by atoms with Gasteiger partial charge in [-0.05, 0) is 45.8 Å². The van der Waals surface area contributed by atoms with Crippen molar-refractivity contribution in [3.05, 3.63) is 36.2 Å². The lowest BCUT2D eigenvalue weighted by molar-refractivity contribution is 0.190. The van der Waals surface area contributed by atoms with Crippen LogP contribution in [-0.2, 0) is 16.0 Å². The standard InChI is InChI=1S/C25H36N6O2/c1-19-26-24(30(14-16-32-3)15-17-33-4)22-25(27-19)31(18-20-10-12-29(2)13-11-20)23(28-22)21-8-6-5-7-9-21/h5-9,20H,10-18H2,1-4H3. The van der Waals surface area contributed by atoms with E-state index < -0.39 is 0 Å². The zero-order chi connectivity index (χ0) is 23.2. The third kappa shape index (κ3) is 5.51. The summed E-state index contributed by atoms with van der Waals surface area (Å²) in [5, 5.41) is 0. The summed E-state index contributed by atoms with van der Waals surface area (Å²) < 4.78 is 13.1. The smallest absolute Gasteiger partial charge is 0.166 e. The molecule has 0 radical (unpaired) electrons. The quantitative estimate of drug-likeness (QED) is 0.468. The molecule has 0 unspecified atom stereocenters. The normalized spacial score (nSPS) is 15.4. The molecule has 2 aromatic heterocycles. The Morgan fingerprint density at radius 3 is 2.27 bits per heavy atom. The lowest BCUT2D eigenvalue weighted by Crippen LogP contribution is -2.32. The van der Waals surface area contributed by atoms with Gasteiger partial charge >= 0.3 is 0 Å². The number of ether oxygens (including phenoxy) is 2. The highest BCUT2D eigenvalue weighted by molar-refractivity contribution is 5.87. The third-order valence-electron chi connectivity index (χ3n) is 6.43. The van der Waals surface area contributed by atoms with E-state index in [9.17, 15) is 0 Å². The summed E-state index contributed by atoms with van der Waals surface area (Å²) in [5.41, 5.74) is 2.86. The highest BCUT2D eigenvalue weighted by atomic mass is 16.5. The summed E-state index contributed by atoms with van der Waals surface area (Å²) >= 11 is 0. The Bertz CT molecular complexity index is 1020. The molecule has 178 valence electrons. The molecule has 1 aliphatic rings. The minimum absolute atomic E-state index is 0.607.